The van der Waals surface area contributed by atoms with Crippen LogP contribution in [0.3, 0.4) is 0 Å². The van der Waals surface area contributed by atoms with Crippen LogP contribution in [0.1, 0.15) is 27.0 Å². The van der Waals surface area contributed by atoms with Gasteiger partial charge in [-0.25, -0.2) is 0 Å². The zero-order chi connectivity index (χ0) is 13.1. The number of hydrogen-bond acceptors (Lipinski definition) is 2. The molecule has 0 saturated heterocycles. The molecule has 0 atom stereocenters. The fraction of sp³-hybridized carbons (Fsp3) is 0.214. The fourth-order valence-electron chi connectivity index (χ4n) is 1.71. The minimum atomic E-state index is -0.0241. The predicted octanol–water partition coefficient (Wildman–Crippen LogP) is 4.48. The standard InChI is InChI=1S/C14H14INOS/c1-3-12-9(2)8-13(18-12)14(17)16-11-6-4-10(15)5-7-11/h4-8H,3H2,1-2H3,(H,16,17). The first-order valence-corrected chi connectivity index (χ1v) is 7.66. The number of amides is 1. The molecule has 0 unspecified atom stereocenters. The molecule has 0 spiro atoms. The van der Waals surface area contributed by atoms with E-state index in [1.165, 1.54) is 10.4 Å². The molecule has 0 radical (unpaired) electrons. The quantitative estimate of drug-likeness (QED) is 0.793. The van der Waals surface area contributed by atoms with Gasteiger partial charge in [-0.1, -0.05) is 6.92 Å². The number of carbonyl (C=O) groups is 1. The van der Waals surface area contributed by atoms with Gasteiger partial charge < -0.3 is 5.32 Å². The van der Waals surface area contributed by atoms with Gasteiger partial charge in [0.05, 0.1) is 4.88 Å². The number of thiophene rings is 1. The summed E-state index contributed by atoms with van der Waals surface area (Å²) in [5.74, 6) is -0.0241. The predicted molar refractivity (Wildman–Crippen MR) is 85.5 cm³/mol. The SMILES string of the molecule is CCc1sc(C(=O)Nc2ccc(I)cc2)cc1C. The fourth-order valence-corrected chi connectivity index (χ4v) is 3.08. The van der Waals surface area contributed by atoms with Crippen molar-refractivity contribution in [3.63, 3.8) is 0 Å². The van der Waals surface area contributed by atoms with E-state index in [1.807, 2.05) is 30.3 Å². The molecular weight excluding hydrogens is 357 g/mol. The van der Waals surface area contributed by atoms with Gasteiger partial charge >= 0.3 is 0 Å². The third-order valence-electron chi connectivity index (χ3n) is 2.67. The third kappa shape index (κ3) is 3.11. The lowest BCUT2D eigenvalue weighted by atomic mass is 10.2. The first-order valence-electron chi connectivity index (χ1n) is 5.76. The number of rotatable bonds is 3. The van der Waals surface area contributed by atoms with Crippen molar-refractivity contribution in [2.45, 2.75) is 20.3 Å². The molecule has 0 aliphatic rings. The van der Waals surface area contributed by atoms with E-state index in [1.54, 1.807) is 11.3 Å². The highest BCUT2D eigenvalue weighted by molar-refractivity contribution is 14.1. The molecule has 4 heteroatoms. The summed E-state index contributed by atoms with van der Waals surface area (Å²) in [6, 6.07) is 9.76. The van der Waals surface area contributed by atoms with Gasteiger partial charge in [0.2, 0.25) is 0 Å². The van der Waals surface area contributed by atoms with Gasteiger partial charge in [0.15, 0.2) is 0 Å². The Balaban J connectivity index is 2.14. The molecule has 0 fully saturated rings. The molecule has 1 amide bonds. The molecule has 1 aromatic heterocycles. The van der Waals surface area contributed by atoms with Crippen molar-refractivity contribution in [1.82, 2.24) is 0 Å². The Morgan fingerprint density at radius 1 is 1.33 bits per heavy atom. The van der Waals surface area contributed by atoms with Crippen molar-refractivity contribution < 1.29 is 4.79 Å². The molecule has 2 nitrogen and oxygen atoms in total. The molecule has 0 saturated carbocycles. The van der Waals surface area contributed by atoms with Crippen molar-refractivity contribution in [3.05, 3.63) is 49.2 Å². The van der Waals surface area contributed by atoms with Crippen LogP contribution in [0.5, 0.6) is 0 Å². The summed E-state index contributed by atoms with van der Waals surface area (Å²) in [6.07, 6.45) is 0.979. The van der Waals surface area contributed by atoms with Crippen molar-refractivity contribution in [2.75, 3.05) is 5.32 Å². The van der Waals surface area contributed by atoms with E-state index in [4.69, 9.17) is 0 Å². The van der Waals surface area contributed by atoms with Crippen LogP contribution in [0.15, 0.2) is 30.3 Å². The number of hydrogen-bond donors (Lipinski definition) is 1. The highest BCUT2D eigenvalue weighted by Gasteiger charge is 2.11. The molecule has 1 aromatic carbocycles. The van der Waals surface area contributed by atoms with Crippen LogP contribution in [-0.2, 0) is 6.42 Å². The van der Waals surface area contributed by atoms with Crippen LogP contribution in [-0.4, -0.2) is 5.91 Å². The van der Waals surface area contributed by atoms with E-state index in [-0.39, 0.29) is 5.91 Å². The lowest BCUT2D eigenvalue weighted by Crippen LogP contribution is -2.09. The van der Waals surface area contributed by atoms with Gasteiger partial charge in [-0.2, -0.15) is 0 Å². The van der Waals surface area contributed by atoms with Crippen LogP contribution >= 0.6 is 33.9 Å². The van der Waals surface area contributed by atoms with Gasteiger partial charge in [0, 0.05) is 14.1 Å². The second-order valence-electron chi connectivity index (χ2n) is 4.03. The summed E-state index contributed by atoms with van der Waals surface area (Å²) >= 11 is 3.82. The average molecular weight is 371 g/mol. The maximum Gasteiger partial charge on any atom is 0.265 e. The summed E-state index contributed by atoms with van der Waals surface area (Å²) in [4.78, 5) is 14.1. The highest BCUT2D eigenvalue weighted by Crippen LogP contribution is 2.23. The molecule has 0 aliphatic heterocycles. The smallest absolute Gasteiger partial charge is 0.265 e. The van der Waals surface area contributed by atoms with Crippen molar-refractivity contribution >= 4 is 45.5 Å². The van der Waals surface area contributed by atoms with Gasteiger partial charge in [0.1, 0.15) is 0 Å². The van der Waals surface area contributed by atoms with E-state index in [0.29, 0.717) is 0 Å². The first-order chi connectivity index (χ1) is 8.60. The van der Waals surface area contributed by atoms with Gasteiger partial charge in [-0.15, -0.1) is 11.3 Å². The number of aryl methyl sites for hydroxylation is 2. The second kappa shape index (κ2) is 5.84. The Hall–Kier alpha value is -0.880. The maximum absolute atomic E-state index is 12.1. The van der Waals surface area contributed by atoms with E-state index in [9.17, 15) is 4.79 Å². The lowest BCUT2D eigenvalue weighted by Gasteiger charge is -2.03. The van der Waals surface area contributed by atoms with Crippen molar-refractivity contribution in [1.29, 1.82) is 0 Å². The van der Waals surface area contributed by atoms with E-state index in [0.717, 1.165) is 20.6 Å². The minimum Gasteiger partial charge on any atom is -0.321 e. The molecule has 2 aromatic rings. The summed E-state index contributed by atoms with van der Waals surface area (Å²) in [7, 11) is 0. The largest absolute Gasteiger partial charge is 0.321 e. The number of carbonyl (C=O) groups excluding carboxylic acids is 1. The van der Waals surface area contributed by atoms with E-state index >= 15 is 0 Å². The Labute approximate surface area is 125 Å². The van der Waals surface area contributed by atoms with Crippen LogP contribution in [0.4, 0.5) is 5.69 Å². The van der Waals surface area contributed by atoms with Crippen LogP contribution in [0.2, 0.25) is 0 Å². The Morgan fingerprint density at radius 2 is 2.00 bits per heavy atom. The summed E-state index contributed by atoms with van der Waals surface area (Å²) in [6.45, 7) is 4.16. The topological polar surface area (TPSA) is 29.1 Å². The van der Waals surface area contributed by atoms with E-state index in [2.05, 4.69) is 41.8 Å². The van der Waals surface area contributed by atoms with Gasteiger partial charge in [-0.3, -0.25) is 4.79 Å². The van der Waals surface area contributed by atoms with Crippen molar-refractivity contribution in [3.8, 4) is 0 Å². The van der Waals surface area contributed by atoms with Crippen LogP contribution in [0.25, 0.3) is 0 Å². The maximum atomic E-state index is 12.1. The molecule has 0 bridgehead atoms. The zero-order valence-electron chi connectivity index (χ0n) is 10.3. The molecule has 18 heavy (non-hydrogen) atoms. The third-order valence-corrected chi connectivity index (χ3v) is 4.77. The second-order valence-corrected chi connectivity index (χ2v) is 6.41. The van der Waals surface area contributed by atoms with Gasteiger partial charge in [0.25, 0.3) is 5.91 Å². The summed E-state index contributed by atoms with van der Waals surface area (Å²) < 4.78 is 1.16. The number of halogens is 1. The molecule has 1 N–H and O–H groups in total. The Bertz CT molecular complexity index is 560. The molecule has 2 rings (SSSR count). The van der Waals surface area contributed by atoms with Crippen LogP contribution < -0.4 is 5.32 Å². The Morgan fingerprint density at radius 3 is 2.56 bits per heavy atom. The van der Waals surface area contributed by atoms with Crippen LogP contribution in [0, 0.1) is 10.5 Å². The molecular formula is C14H14INOS. The average Bonchev–Trinajstić information content (AvgIpc) is 2.73. The first kappa shape index (κ1) is 13.5. The molecule has 1 heterocycles. The number of nitrogens with one attached hydrogen (secondary N) is 1. The zero-order valence-corrected chi connectivity index (χ0v) is 13.3. The minimum absolute atomic E-state index is 0.0241. The van der Waals surface area contributed by atoms with Gasteiger partial charge in [-0.05, 0) is 71.8 Å². The Kier molecular flexibility index (Phi) is 4.40. The summed E-state index contributed by atoms with van der Waals surface area (Å²) in [5.41, 5.74) is 2.04. The monoisotopic (exact) mass is 371 g/mol. The number of anilines is 1. The lowest BCUT2D eigenvalue weighted by molar-refractivity contribution is 0.103. The number of benzene rings is 1. The normalized spacial score (nSPS) is 10.4. The van der Waals surface area contributed by atoms with Crippen molar-refractivity contribution in [2.24, 2.45) is 0 Å². The molecule has 94 valence electrons. The van der Waals surface area contributed by atoms with E-state index < -0.39 is 0 Å². The summed E-state index contributed by atoms with van der Waals surface area (Å²) in [5, 5.41) is 2.92. The molecule has 0 aliphatic carbocycles. The highest BCUT2D eigenvalue weighted by atomic mass is 127.